The van der Waals surface area contributed by atoms with Crippen molar-refractivity contribution in [1.82, 2.24) is 0 Å². The van der Waals surface area contributed by atoms with Gasteiger partial charge in [-0.25, -0.2) is 0 Å². The largest absolute Gasteiger partial charge is 0.328 e. The van der Waals surface area contributed by atoms with Gasteiger partial charge in [0, 0.05) is 11.8 Å². The first kappa shape index (κ1) is 10.6. The molecule has 0 aromatic heterocycles. The van der Waals surface area contributed by atoms with Crippen molar-refractivity contribution in [2.24, 2.45) is 5.73 Å². The van der Waals surface area contributed by atoms with E-state index in [2.05, 4.69) is 0 Å². The maximum Gasteiger partial charge on any atom is 0.00582 e. The van der Waals surface area contributed by atoms with E-state index in [1.54, 1.807) is 0 Å². The molecule has 11 heavy (non-hydrogen) atoms. The number of nitrogens with two attached hydrogens (primary N) is 1. The molecular weight excluding hydrogens is 136 g/mol. The van der Waals surface area contributed by atoms with Gasteiger partial charge in [0.05, 0.1) is 0 Å². The van der Waals surface area contributed by atoms with Crippen LogP contribution in [-0.4, -0.2) is 11.8 Å². The predicted octanol–water partition coefficient (Wildman–Crippen LogP) is 2.32. The lowest BCUT2D eigenvalue weighted by atomic mass is 10.1. The van der Waals surface area contributed by atoms with E-state index >= 15 is 0 Å². The van der Waals surface area contributed by atoms with Gasteiger partial charge in [0.1, 0.15) is 0 Å². The first-order chi connectivity index (χ1) is 5.13. The lowest BCUT2D eigenvalue weighted by Crippen LogP contribution is -2.13. The molecule has 0 aromatic rings. The zero-order valence-corrected chi connectivity index (χ0v) is 7.69. The molecule has 0 fully saturated rings. The minimum absolute atomic E-state index is 0.344. The van der Waals surface area contributed by atoms with Gasteiger partial charge in [-0.05, 0) is 33.1 Å². The van der Waals surface area contributed by atoms with E-state index in [1.165, 1.54) is 12.8 Å². The molecule has 0 amide bonds. The van der Waals surface area contributed by atoms with Crippen molar-refractivity contribution < 1.29 is 0 Å². The Kier molecular flexibility index (Phi) is 6.13. The van der Waals surface area contributed by atoms with E-state index in [0.29, 0.717) is 6.04 Å². The van der Waals surface area contributed by atoms with Gasteiger partial charge in [0.2, 0.25) is 0 Å². The summed E-state index contributed by atoms with van der Waals surface area (Å²) in [6, 6.07) is 0.344. The van der Waals surface area contributed by atoms with Crippen molar-refractivity contribution in [2.45, 2.75) is 52.0 Å². The average Bonchev–Trinajstić information content (AvgIpc) is 1.85. The van der Waals surface area contributed by atoms with E-state index in [4.69, 9.17) is 11.1 Å². The topological polar surface area (TPSA) is 49.9 Å². The van der Waals surface area contributed by atoms with Crippen LogP contribution in [0.5, 0.6) is 0 Å². The number of unbranched alkanes of at least 4 members (excludes halogenated alkanes) is 2. The third-order valence-corrected chi connectivity index (χ3v) is 1.71. The summed E-state index contributed by atoms with van der Waals surface area (Å²) in [4.78, 5) is 0. The second-order valence-electron chi connectivity index (χ2n) is 3.36. The summed E-state index contributed by atoms with van der Waals surface area (Å²) in [5.41, 5.74) is 6.39. The Balaban J connectivity index is 2.97. The molecule has 0 rings (SSSR count). The highest BCUT2D eigenvalue weighted by Gasteiger charge is 1.94. The molecule has 0 aliphatic rings. The fourth-order valence-electron chi connectivity index (χ4n) is 1.03. The summed E-state index contributed by atoms with van der Waals surface area (Å²) in [5, 5.41) is 7.19. The molecule has 0 saturated carbocycles. The summed E-state index contributed by atoms with van der Waals surface area (Å²) >= 11 is 0. The first-order valence-corrected chi connectivity index (χ1v) is 4.42. The van der Waals surface area contributed by atoms with Crippen LogP contribution in [0.2, 0.25) is 0 Å². The smallest absolute Gasteiger partial charge is 0.00582 e. The van der Waals surface area contributed by atoms with E-state index < -0.39 is 0 Å². The van der Waals surface area contributed by atoms with Gasteiger partial charge in [-0.3, -0.25) is 0 Å². The standard InChI is InChI=1S/C9H20N2/c1-8(10)6-4-3-5-7-9(2)11/h8,11H,3-7,10H2,1-2H3. The van der Waals surface area contributed by atoms with Gasteiger partial charge in [0.15, 0.2) is 0 Å². The average molecular weight is 156 g/mol. The van der Waals surface area contributed by atoms with Crippen LogP contribution in [0.4, 0.5) is 0 Å². The van der Waals surface area contributed by atoms with Gasteiger partial charge >= 0.3 is 0 Å². The lowest BCUT2D eigenvalue weighted by molar-refractivity contribution is 0.585. The fraction of sp³-hybridized carbons (Fsp3) is 0.889. The van der Waals surface area contributed by atoms with Crippen LogP contribution in [0.25, 0.3) is 0 Å². The minimum atomic E-state index is 0.344. The molecule has 0 heterocycles. The minimum Gasteiger partial charge on any atom is -0.328 e. The summed E-state index contributed by atoms with van der Waals surface area (Å²) in [7, 11) is 0. The van der Waals surface area contributed by atoms with Crippen molar-refractivity contribution in [1.29, 1.82) is 5.41 Å². The number of nitrogens with one attached hydrogen (secondary N) is 1. The molecule has 66 valence electrons. The van der Waals surface area contributed by atoms with E-state index in [-0.39, 0.29) is 0 Å². The first-order valence-electron chi connectivity index (χ1n) is 4.42. The molecule has 0 aromatic carbocycles. The van der Waals surface area contributed by atoms with Crippen molar-refractivity contribution in [2.75, 3.05) is 0 Å². The van der Waals surface area contributed by atoms with E-state index in [0.717, 1.165) is 25.0 Å². The molecule has 0 saturated heterocycles. The van der Waals surface area contributed by atoms with E-state index in [9.17, 15) is 0 Å². The SMILES string of the molecule is CC(=N)CCCCCC(C)N. The van der Waals surface area contributed by atoms with Gasteiger partial charge in [-0.1, -0.05) is 12.8 Å². The van der Waals surface area contributed by atoms with E-state index in [1.807, 2.05) is 13.8 Å². The molecular formula is C9H20N2. The van der Waals surface area contributed by atoms with Crippen molar-refractivity contribution in [3.63, 3.8) is 0 Å². The molecule has 3 N–H and O–H groups in total. The molecule has 0 spiro atoms. The van der Waals surface area contributed by atoms with Gasteiger partial charge in [-0.15, -0.1) is 0 Å². The zero-order valence-electron chi connectivity index (χ0n) is 7.69. The Morgan fingerprint density at radius 1 is 1.36 bits per heavy atom. The molecule has 0 bridgehead atoms. The van der Waals surface area contributed by atoms with Crippen LogP contribution < -0.4 is 5.73 Å². The number of hydrogen-bond acceptors (Lipinski definition) is 2. The maximum atomic E-state index is 7.19. The normalized spacial score (nSPS) is 13.0. The molecule has 2 nitrogen and oxygen atoms in total. The molecule has 0 radical (unpaired) electrons. The summed E-state index contributed by atoms with van der Waals surface area (Å²) in [5.74, 6) is 0. The quantitative estimate of drug-likeness (QED) is 0.450. The van der Waals surface area contributed by atoms with Crippen molar-refractivity contribution in [3.05, 3.63) is 0 Å². The molecule has 2 heteroatoms. The molecule has 0 aliphatic carbocycles. The van der Waals surface area contributed by atoms with Gasteiger partial charge in [-0.2, -0.15) is 0 Å². The van der Waals surface area contributed by atoms with Crippen LogP contribution in [0.1, 0.15) is 46.0 Å². The highest BCUT2D eigenvalue weighted by molar-refractivity contribution is 5.78. The molecule has 1 unspecified atom stereocenters. The second kappa shape index (κ2) is 6.35. The maximum absolute atomic E-state index is 7.19. The summed E-state index contributed by atoms with van der Waals surface area (Å²) in [6.45, 7) is 3.91. The second-order valence-corrected chi connectivity index (χ2v) is 3.36. The molecule has 0 aliphatic heterocycles. The van der Waals surface area contributed by atoms with Crippen LogP contribution in [0.3, 0.4) is 0 Å². The van der Waals surface area contributed by atoms with Crippen LogP contribution in [-0.2, 0) is 0 Å². The van der Waals surface area contributed by atoms with Gasteiger partial charge in [0.25, 0.3) is 0 Å². The summed E-state index contributed by atoms with van der Waals surface area (Å²) in [6.07, 6.45) is 5.67. The van der Waals surface area contributed by atoms with Gasteiger partial charge < -0.3 is 11.1 Å². The fourth-order valence-corrected chi connectivity index (χ4v) is 1.03. The third kappa shape index (κ3) is 9.63. The predicted molar refractivity (Wildman–Crippen MR) is 50.1 cm³/mol. The molecule has 1 atom stereocenters. The third-order valence-electron chi connectivity index (χ3n) is 1.71. The lowest BCUT2D eigenvalue weighted by Gasteiger charge is -2.03. The zero-order chi connectivity index (χ0) is 8.69. The highest BCUT2D eigenvalue weighted by Crippen LogP contribution is 2.04. The van der Waals surface area contributed by atoms with Crippen LogP contribution >= 0.6 is 0 Å². The summed E-state index contributed by atoms with van der Waals surface area (Å²) < 4.78 is 0. The highest BCUT2D eigenvalue weighted by atomic mass is 14.6. The number of hydrogen-bond donors (Lipinski definition) is 2. The Hall–Kier alpha value is -0.370. The van der Waals surface area contributed by atoms with Crippen molar-refractivity contribution in [3.8, 4) is 0 Å². The van der Waals surface area contributed by atoms with Crippen LogP contribution in [0.15, 0.2) is 0 Å². The Morgan fingerprint density at radius 3 is 2.45 bits per heavy atom. The monoisotopic (exact) mass is 156 g/mol. The Labute approximate surface area is 69.7 Å². The van der Waals surface area contributed by atoms with Crippen LogP contribution in [0, 0.1) is 5.41 Å². The van der Waals surface area contributed by atoms with Crippen molar-refractivity contribution >= 4 is 5.71 Å². The number of rotatable bonds is 6. The Bertz CT molecular complexity index is 108. The Morgan fingerprint density at radius 2 is 2.00 bits per heavy atom.